The fourth-order valence-electron chi connectivity index (χ4n) is 3.72. The summed E-state index contributed by atoms with van der Waals surface area (Å²) in [6.07, 6.45) is 6.45. The molecule has 1 saturated carbocycles. The molecule has 0 radical (unpaired) electrons. The molecule has 0 aromatic rings. The lowest BCUT2D eigenvalue weighted by atomic mass is 9.83. The molecule has 2 aliphatic rings. The average Bonchev–Trinajstić information content (AvgIpc) is 2.55. The molecule has 0 bridgehead atoms. The van der Waals surface area contributed by atoms with Gasteiger partial charge in [0.1, 0.15) is 0 Å². The third-order valence-corrected chi connectivity index (χ3v) is 4.62. The highest BCUT2D eigenvalue weighted by atomic mass is 16.5. The number of nitrogens with zero attached hydrogens (tertiary/aromatic N) is 1. The maximum absolute atomic E-state index is 6.13. The molecule has 0 amide bonds. The molecule has 2 unspecified atom stereocenters. The second kappa shape index (κ2) is 5.48. The zero-order chi connectivity index (χ0) is 11.4. The zero-order valence-electron chi connectivity index (χ0n) is 10.6. The largest absolute Gasteiger partial charge is 0.380 e. The molecule has 1 aliphatic carbocycles. The van der Waals surface area contributed by atoms with E-state index in [1.165, 1.54) is 32.2 Å². The van der Waals surface area contributed by atoms with E-state index in [0.717, 1.165) is 38.6 Å². The Morgan fingerprint density at radius 3 is 2.94 bits per heavy atom. The lowest BCUT2D eigenvalue weighted by Crippen LogP contribution is -2.57. The summed E-state index contributed by atoms with van der Waals surface area (Å²) in [7, 11) is 0. The molecular weight excluding hydrogens is 200 g/mol. The van der Waals surface area contributed by atoms with Gasteiger partial charge in [0, 0.05) is 31.8 Å². The highest BCUT2D eigenvalue weighted by Crippen LogP contribution is 2.41. The second-order valence-electron chi connectivity index (χ2n) is 5.26. The van der Waals surface area contributed by atoms with Gasteiger partial charge in [0.2, 0.25) is 0 Å². The molecule has 1 heterocycles. The average molecular weight is 226 g/mol. The monoisotopic (exact) mass is 226 g/mol. The summed E-state index contributed by atoms with van der Waals surface area (Å²) in [5.41, 5.74) is 6.43. The van der Waals surface area contributed by atoms with Gasteiger partial charge in [0.25, 0.3) is 0 Å². The van der Waals surface area contributed by atoms with Crippen molar-refractivity contribution in [3.05, 3.63) is 0 Å². The zero-order valence-corrected chi connectivity index (χ0v) is 10.6. The molecule has 3 nitrogen and oxygen atoms in total. The van der Waals surface area contributed by atoms with Gasteiger partial charge in [-0.2, -0.15) is 0 Å². The molecule has 2 fully saturated rings. The van der Waals surface area contributed by atoms with E-state index < -0.39 is 0 Å². The molecule has 2 atom stereocenters. The molecule has 0 aromatic heterocycles. The molecule has 2 N–H and O–H groups in total. The van der Waals surface area contributed by atoms with E-state index in [1.54, 1.807) is 0 Å². The topological polar surface area (TPSA) is 38.5 Å². The predicted molar refractivity (Wildman–Crippen MR) is 66.4 cm³/mol. The van der Waals surface area contributed by atoms with Crippen molar-refractivity contribution in [3.8, 4) is 0 Å². The first-order valence-electron chi connectivity index (χ1n) is 6.86. The highest BCUT2D eigenvalue weighted by Gasteiger charge is 2.45. The van der Waals surface area contributed by atoms with E-state index in [1.807, 2.05) is 0 Å². The van der Waals surface area contributed by atoms with Crippen LogP contribution in [0, 0.1) is 5.92 Å². The van der Waals surface area contributed by atoms with Crippen LogP contribution in [0.25, 0.3) is 0 Å². The first kappa shape index (κ1) is 12.3. The molecule has 1 aliphatic heterocycles. The van der Waals surface area contributed by atoms with Gasteiger partial charge >= 0.3 is 0 Å². The normalized spacial score (nSPS) is 37.5. The minimum absolute atomic E-state index is 0.294. The minimum Gasteiger partial charge on any atom is -0.380 e. The Kier molecular flexibility index (Phi) is 4.22. The van der Waals surface area contributed by atoms with Crippen LogP contribution < -0.4 is 5.73 Å². The van der Waals surface area contributed by atoms with E-state index in [-0.39, 0.29) is 0 Å². The van der Waals surface area contributed by atoms with Crippen LogP contribution in [-0.4, -0.2) is 43.3 Å². The number of rotatable bonds is 3. The van der Waals surface area contributed by atoms with Crippen LogP contribution in [0.4, 0.5) is 0 Å². The summed E-state index contributed by atoms with van der Waals surface area (Å²) >= 11 is 0. The van der Waals surface area contributed by atoms with Gasteiger partial charge in [0.05, 0.1) is 6.61 Å². The summed E-state index contributed by atoms with van der Waals surface area (Å²) in [5, 5.41) is 0. The van der Waals surface area contributed by atoms with E-state index in [9.17, 15) is 0 Å². The van der Waals surface area contributed by atoms with Crippen LogP contribution in [-0.2, 0) is 4.74 Å². The van der Waals surface area contributed by atoms with E-state index in [0.29, 0.717) is 5.54 Å². The SMILES string of the molecule is CCC1CCCC1(CN)N1CCCOCC1. The van der Waals surface area contributed by atoms with Crippen LogP contribution in [0.15, 0.2) is 0 Å². The van der Waals surface area contributed by atoms with Gasteiger partial charge in [-0.25, -0.2) is 0 Å². The third-order valence-electron chi connectivity index (χ3n) is 4.62. The lowest BCUT2D eigenvalue weighted by molar-refractivity contribution is 0.0505. The number of hydrogen-bond acceptors (Lipinski definition) is 3. The third kappa shape index (κ3) is 2.13. The van der Waals surface area contributed by atoms with Gasteiger partial charge in [-0.15, -0.1) is 0 Å². The van der Waals surface area contributed by atoms with Crippen LogP contribution in [0.1, 0.15) is 39.0 Å². The van der Waals surface area contributed by atoms with Crippen molar-refractivity contribution in [2.45, 2.75) is 44.6 Å². The van der Waals surface area contributed by atoms with Gasteiger partial charge in [-0.05, 0) is 25.2 Å². The van der Waals surface area contributed by atoms with E-state index >= 15 is 0 Å². The Balaban J connectivity index is 2.11. The summed E-state index contributed by atoms with van der Waals surface area (Å²) in [4.78, 5) is 2.64. The van der Waals surface area contributed by atoms with Crippen LogP contribution >= 0.6 is 0 Å². The Morgan fingerprint density at radius 1 is 1.31 bits per heavy atom. The van der Waals surface area contributed by atoms with Crippen molar-refractivity contribution < 1.29 is 4.74 Å². The maximum Gasteiger partial charge on any atom is 0.0593 e. The molecule has 3 heteroatoms. The summed E-state index contributed by atoms with van der Waals surface area (Å²) < 4.78 is 5.56. The Morgan fingerprint density at radius 2 is 2.19 bits per heavy atom. The molecule has 0 spiro atoms. The Bertz CT molecular complexity index is 214. The smallest absolute Gasteiger partial charge is 0.0593 e. The molecule has 0 aromatic carbocycles. The van der Waals surface area contributed by atoms with Crippen molar-refractivity contribution >= 4 is 0 Å². The van der Waals surface area contributed by atoms with Gasteiger partial charge in [0.15, 0.2) is 0 Å². The first-order valence-corrected chi connectivity index (χ1v) is 6.86. The first-order chi connectivity index (χ1) is 7.83. The van der Waals surface area contributed by atoms with Gasteiger partial charge < -0.3 is 10.5 Å². The second-order valence-corrected chi connectivity index (χ2v) is 5.26. The number of hydrogen-bond donors (Lipinski definition) is 1. The summed E-state index contributed by atoms with van der Waals surface area (Å²) in [6, 6.07) is 0. The van der Waals surface area contributed by atoms with Crippen molar-refractivity contribution in [2.24, 2.45) is 11.7 Å². The Hall–Kier alpha value is -0.120. The molecule has 16 heavy (non-hydrogen) atoms. The van der Waals surface area contributed by atoms with Gasteiger partial charge in [-0.3, -0.25) is 4.90 Å². The number of ether oxygens (including phenoxy) is 1. The molecular formula is C13H26N2O. The summed E-state index contributed by atoms with van der Waals surface area (Å²) in [5.74, 6) is 0.801. The van der Waals surface area contributed by atoms with Crippen LogP contribution in [0.2, 0.25) is 0 Å². The highest BCUT2D eigenvalue weighted by molar-refractivity contribution is 5.01. The van der Waals surface area contributed by atoms with Crippen molar-refractivity contribution in [2.75, 3.05) is 32.8 Å². The van der Waals surface area contributed by atoms with Crippen LogP contribution in [0.3, 0.4) is 0 Å². The van der Waals surface area contributed by atoms with Crippen molar-refractivity contribution in [3.63, 3.8) is 0 Å². The van der Waals surface area contributed by atoms with E-state index in [2.05, 4.69) is 11.8 Å². The standard InChI is InChI=1S/C13H26N2O/c1-2-12-5-3-6-13(12,11-14)15-7-4-9-16-10-8-15/h12H,2-11,14H2,1H3. The lowest BCUT2D eigenvalue weighted by Gasteiger charge is -2.44. The maximum atomic E-state index is 6.13. The van der Waals surface area contributed by atoms with E-state index in [4.69, 9.17) is 10.5 Å². The molecule has 94 valence electrons. The van der Waals surface area contributed by atoms with Gasteiger partial charge in [-0.1, -0.05) is 19.8 Å². The number of nitrogens with two attached hydrogens (primary N) is 1. The fourth-order valence-corrected chi connectivity index (χ4v) is 3.72. The molecule has 1 saturated heterocycles. The minimum atomic E-state index is 0.294. The fraction of sp³-hybridized carbons (Fsp3) is 1.00. The van der Waals surface area contributed by atoms with Crippen molar-refractivity contribution in [1.29, 1.82) is 0 Å². The van der Waals surface area contributed by atoms with Crippen molar-refractivity contribution in [1.82, 2.24) is 4.90 Å². The molecule has 2 rings (SSSR count). The van der Waals surface area contributed by atoms with Crippen LogP contribution in [0.5, 0.6) is 0 Å². The predicted octanol–water partition coefficient (Wildman–Crippen LogP) is 1.62. The Labute approximate surface area is 99.3 Å². The quantitative estimate of drug-likeness (QED) is 0.794. The summed E-state index contributed by atoms with van der Waals surface area (Å²) in [6.45, 7) is 7.20.